The average molecular weight is 399 g/mol. The topological polar surface area (TPSA) is 3.24 Å². The molecule has 0 aliphatic rings. The number of hydrogen-bond donors (Lipinski definition) is 0. The molecule has 0 fully saturated rings. The lowest BCUT2D eigenvalue weighted by atomic mass is 10.3. The van der Waals surface area contributed by atoms with Crippen LogP contribution in [-0.2, 0) is 0 Å². The van der Waals surface area contributed by atoms with Gasteiger partial charge in [0.05, 0.1) is 51.4 Å². The van der Waals surface area contributed by atoms with Crippen LogP contribution in [0.25, 0.3) is 0 Å². The van der Waals surface area contributed by atoms with Crippen LogP contribution in [0.15, 0.2) is 12.1 Å². The number of nitrogens with zero attached hydrogens (tertiary/aromatic N) is 1. The predicted molar refractivity (Wildman–Crippen MR) is 56.8 cm³/mol. The second kappa shape index (κ2) is 3.99. The molecule has 0 unspecified atom stereocenters. The first-order chi connectivity index (χ1) is 5.52. The van der Waals surface area contributed by atoms with Crippen molar-refractivity contribution in [3.63, 3.8) is 0 Å². The van der Waals surface area contributed by atoms with Crippen molar-refractivity contribution in [2.45, 2.75) is 0 Å². The highest BCUT2D eigenvalue weighted by Gasteiger charge is 2.12. The maximum absolute atomic E-state index is 12.8. The molecule has 0 amide bonds. The highest BCUT2D eigenvalue weighted by Crippen LogP contribution is 2.27. The van der Waals surface area contributed by atoms with Gasteiger partial charge in [-0.15, -0.1) is 0 Å². The van der Waals surface area contributed by atoms with Crippen molar-refractivity contribution in [2.24, 2.45) is 0 Å². The summed E-state index contributed by atoms with van der Waals surface area (Å²) in [4.78, 5) is 0. The summed E-state index contributed by atoms with van der Waals surface area (Å²) in [5.74, 6) is -3.01. The van der Waals surface area contributed by atoms with Crippen LogP contribution in [-0.4, -0.2) is 0 Å². The van der Waals surface area contributed by atoms with Gasteiger partial charge in [-0.05, 0) is 0 Å². The van der Waals surface area contributed by atoms with Crippen LogP contribution in [0.3, 0.4) is 0 Å². The molecule has 0 heterocycles. The maximum Gasteiger partial charge on any atom is 0.161 e. The second-order valence-corrected chi connectivity index (χ2v) is 5.73. The highest BCUT2D eigenvalue weighted by atomic mass is 127. The van der Waals surface area contributed by atoms with Gasteiger partial charge in [0.15, 0.2) is 17.5 Å². The molecule has 0 atom stereocenters. The summed E-state index contributed by atoms with van der Waals surface area (Å²) in [6.45, 7) is 0. The van der Waals surface area contributed by atoms with E-state index in [4.69, 9.17) is 0 Å². The fourth-order valence-electron chi connectivity index (χ4n) is 0.642. The van der Waals surface area contributed by atoms with Crippen molar-refractivity contribution in [1.82, 2.24) is 0 Å². The quantitative estimate of drug-likeness (QED) is 0.397. The molecule has 0 saturated heterocycles. The molecule has 0 aromatic heterocycles. The Kier molecular flexibility index (Phi) is 3.44. The van der Waals surface area contributed by atoms with Crippen LogP contribution < -0.4 is 1.33 Å². The zero-order chi connectivity index (χ0) is 9.30. The lowest BCUT2D eigenvalue weighted by molar-refractivity contribution is 0.496. The fourth-order valence-corrected chi connectivity index (χ4v) is 1.38. The Morgan fingerprint density at radius 3 is 1.92 bits per heavy atom. The van der Waals surface area contributed by atoms with Gasteiger partial charge < -0.3 is 0 Å². The van der Waals surface area contributed by atoms with Crippen molar-refractivity contribution in [2.75, 3.05) is 1.33 Å². The summed E-state index contributed by atoms with van der Waals surface area (Å²) in [5.41, 5.74) is 0.00935. The molecule has 0 bridgehead atoms. The zero-order valence-corrected chi connectivity index (χ0v) is 9.81. The summed E-state index contributed by atoms with van der Waals surface area (Å²) in [5, 5.41) is 0. The number of anilines is 1. The van der Waals surface area contributed by atoms with E-state index in [0.29, 0.717) is 6.07 Å². The van der Waals surface area contributed by atoms with E-state index >= 15 is 0 Å². The van der Waals surface area contributed by atoms with Crippen LogP contribution in [0.4, 0.5) is 18.9 Å². The summed E-state index contributed by atoms with van der Waals surface area (Å²) in [6, 6.07) is 1.33. The van der Waals surface area contributed by atoms with Gasteiger partial charge in [-0.25, -0.2) is 13.2 Å². The lowest BCUT2D eigenvalue weighted by Gasteiger charge is -2.08. The van der Waals surface area contributed by atoms with E-state index in [2.05, 4.69) is 0 Å². The molecule has 1 nitrogen and oxygen atoms in total. The first kappa shape index (κ1) is 10.4. The molecule has 0 radical (unpaired) electrons. The van der Waals surface area contributed by atoms with E-state index in [1.54, 1.807) is 45.7 Å². The summed E-state index contributed by atoms with van der Waals surface area (Å²) < 4.78 is 39.1. The standard InChI is InChI=1S/C6H2F3I2N/c7-3-1-5(9)6(12(10)11)2-4(3)8/h1-2H. The molecular formula is C6H2F3I2N. The van der Waals surface area contributed by atoms with Crippen molar-refractivity contribution in [3.8, 4) is 0 Å². The van der Waals surface area contributed by atoms with Gasteiger partial charge in [-0.1, -0.05) is 0 Å². The minimum atomic E-state index is -1.18. The van der Waals surface area contributed by atoms with Gasteiger partial charge >= 0.3 is 0 Å². The lowest BCUT2D eigenvalue weighted by Crippen LogP contribution is -1.97. The van der Waals surface area contributed by atoms with Gasteiger partial charge in [0.1, 0.15) is 0 Å². The molecule has 0 saturated carbocycles. The van der Waals surface area contributed by atoms with Gasteiger partial charge in [0.25, 0.3) is 0 Å². The molecule has 1 aromatic rings. The Morgan fingerprint density at radius 2 is 1.42 bits per heavy atom. The molecule has 0 N–H and O–H groups in total. The summed E-state index contributed by atoms with van der Waals surface area (Å²) >= 11 is 3.51. The third-order valence-electron chi connectivity index (χ3n) is 1.17. The van der Waals surface area contributed by atoms with E-state index < -0.39 is 17.5 Å². The number of halogens is 5. The molecule has 6 heteroatoms. The monoisotopic (exact) mass is 399 g/mol. The van der Waals surface area contributed by atoms with Crippen LogP contribution in [0, 0.1) is 17.5 Å². The predicted octanol–water partition coefficient (Wildman–Crippen LogP) is 3.61. The number of hydrogen-bond acceptors (Lipinski definition) is 1. The van der Waals surface area contributed by atoms with Gasteiger partial charge in [0.2, 0.25) is 0 Å². The molecule has 0 aliphatic heterocycles. The first-order valence-electron chi connectivity index (χ1n) is 2.78. The van der Waals surface area contributed by atoms with E-state index in [9.17, 15) is 13.2 Å². The van der Waals surface area contributed by atoms with Crippen molar-refractivity contribution in [3.05, 3.63) is 29.6 Å². The Balaban J connectivity index is 3.23. The van der Waals surface area contributed by atoms with E-state index in [0.717, 1.165) is 6.07 Å². The SMILES string of the molecule is Fc1cc(F)c(N(I)I)cc1F. The normalized spacial score (nSPS) is 10.1. The van der Waals surface area contributed by atoms with Crippen molar-refractivity contribution < 1.29 is 13.2 Å². The molecule has 0 aliphatic carbocycles. The van der Waals surface area contributed by atoms with E-state index in [1.807, 2.05) is 0 Å². The molecule has 12 heavy (non-hydrogen) atoms. The Hall–Kier alpha value is 0.270. The Bertz CT molecular complexity index is 303. The molecule has 66 valence electrons. The van der Waals surface area contributed by atoms with Crippen LogP contribution >= 0.6 is 45.7 Å². The van der Waals surface area contributed by atoms with Crippen molar-refractivity contribution in [1.29, 1.82) is 0 Å². The third-order valence-corrected chi connectivity index (χ3v) is 2.21. The molecular weight excluding hydrogens is 397 g/mol. The maximum atomic E-state index is 12.8. The smallest absolute Gasteiger partial charge is 0.161 e. The van der Waals surface area contributed by atoms with Crippen LogP contribution in [0.2, 0.25) is 0 Å². The van der Waals surface area contributed by atoms with Crippen LogP contribution in [0.1, 0.15) is 0 Å². The number of benzene rings is 1. The van der Waals surface area contributed by atoms with Crippen LogP contribution in [0.5, 0.6) is 0 Å². The van der Waals surface area contributed by atoms with Gasteiger partial charge in [0, 0.05) is 12.1 Å². The van der Waals surface area contributed by atoms with Gasteiger partial charge in [-0.2, -0.15) is 0 Å². The molecule has 1 rings (SSSR count). The third kappa shape index (κ3) is 2.15. The largest absolute Gasteiger partial charge is 0.252 e. The number of rotatable bonds is 1. The summed E-state index contributed by atoms with van der Waals surface area (Å²) in [7, 11) is 0. The minimum absolute atomic E-state index is 0.00935. The highest BCUT2D eigenvalue weighted by molar-refractivity contribution is 14.2. The second-order valence-electron chi connectivity index (χ2n) is 1.95. The fraction of sp³-hybridized carbons (Fsp3) is 0. The average Bonchev–Trinajstić information content (AvgIpc) is 1.96. The Morgan fingerprint density at radius 1 is 0.917 bits per heavy atom. The molecule has 0 spiro atoms. The minimum Gasteiger partial charge on any atom is -0.252 e. The zero-order valence-electron chi connectivity index (χ0n) is 5.49. The van der Waals surface area contributed by atoms with E-state index in [-0.39, 0.29) is 5.69 Å². The van der Waals surface area contributed by atoms with Crippen molar-refractivity contribution >= 4 is 51.4 Å². The van der Waals surface area contributed by atoms with Gasteiger partial charge in [-0.3, -0.25) is 1.33 Å². The first-order valence-corrected chi connectivity index (χ1v) is 4.71. The van der Waals surface area contributed by atoms with E-state index in [1.165, 1.54) is 1.33 Å². The Labute approximate surface area is 94.9 Å². The summed E-state index contributed by atoms with van der Waals surface area (Å²) in [6.07, 6.45) is 0. The molecule has 1 aromatic carbocycles.